The first-order valence-electron chi connectivity index (χ1n) is 9.57. The van der Waals surface area contributed by atoms with E-state index in [2.05, 4.69) is 58.0 Å². The first kappa shape index (κ1) is 18.9. The van der Waals surface area contributed by atoms with Gasteiger partial charge in [-0.1, -0.05) is 72.8 Å². The van der Waals surface area contributed by atoms with E-state index in [4.69, 9.17) is 0 Å². The van der Waals surface area contributed by atoms with Crippen LogP contribution in [-0.4, -0.2) is 22.9 Å². The van der Waals surface area contributed by atoms with Crippen molar-refractivity contribution in [3.63, 3.8) is 0 Å². The predicted octanol–water partition coefficient (Wildman–Crippen LogP) is 5.63. The molecule has 0 unspecified atom stereocenters. The second-order valence-corrected chi connectivity index (χ2v) is 7.36. The highest BCUT2D eigenvalue weighted by atomic mass is 16.2. The molecule has 0 bridgehead atoms. The van der Waals surface area contributed by atoms with Crippen LogP contribution in [0.1, 0.15) is 38.8 Å². The van der Waals surface area contributed by atoms with Crippen molar-refractivity contribution in [1.82, 2.24) is 4.90 Å². The minimum Gasteiger partial charge on any atom is -0.334 e. The van der Waals surface area contributed by atoms with Crippen LogP contribution in [0, 0.1) is 0 Å². The molecule has 0 aliphatic heterocycles. The SMILES string of the molecule is CC(C)N(C(=O)C1=CC=CC1=C(c1ccccc1)c1ccccc1)C(C)C. The Labute approximate surface area is 162 Å². The standard InChI is InChI=1S/C25H27NO/c1-18(2)26(19(3)4)25(27)23-17-11-16-22(23)24(20-12-7-5-8-13-20)21-14-9-6-10-15-21/h5-19H,1-4H3. The predicted molar refractivity (Wildman–Crippen MR) is 113 cm³/mol. The lowest BCUT2D eigenvalue weighted by atomic mass is 9.90. The normalized spacial score (nSPS) is 13.3. The topological polar surface area (TPSA) is 20.3 Å². The Bertz CT molecular complexity index is 837. The highest BCUT2D eigenvalue weighted by molar-refractivity contribution is 6.05. The van der Waals surface area contributed by atoms with Crippen LogP contribution in [0.3, 0.4) is 0 Å². The summed E-state index contributed by atoms with van der Waals surface area (Å²) in [4.78, 5) is 15.3. The van der Waals surface area contributed by atoms with Crippen LogP contribution >= 0.6 is 0 Å². The lowest BCUT2D eigenvalue weighted by Gasteiger charge is -2.32. The minimum absolute atomic E-state index is 0.0874. The fraction of sp³-hybridized carbons (Fsp3) is 0.240. The van der Waals surface area contributed by atoms with Gasteiger partial charge in [-0.3, -0.25) is 4.79 Å². The summed E-state index contributed by atoms with van der Waals surface area (Å²) in [6.07, 6.45) is 5.98. The van der Waals surface area contributed by atoms with E-state index in [9.17, 15) is 4.79 Å². The van der Waals surface area contributed by atoms with E-state index in [1.165, 1.54) is 0 Å². The maximum absolute atomic E-state index is 13.4. The quantitative estimate of drug-likeness (QED) is 0.679. The molecule has 2 nitrogen and oxygen atoms in total. The minimum atomic E-state index is 0.0874. The molecular formula is C25H27NO. The van der Waals surface area contributed by atoms with E-state index >= 15 is 0 Å². The van der Waals surface area contributed by atoms with Gasteiger partial charge in [-0.25, -0.2) is 0 Å². The summed E-state index contributed by atoms with van der Waals surface area (Å²) in [6, 6.07) is 20.9. The zero-order valence-electron chi connectivity index (χ0n) is 16.5. The van der Waals surface area contributed by atoms with Crippen molar-refractivity contribution >= 4 is 11.5 Å². The maximum atomic E-state index is 13.4. The summed E-state index contributed by atoms with van der Waals surface area (Å²) >= 11 is 0. The second-order valence-electron chi connectivity index (χ2n) is 7.36. The number of carbonyl (C=O) groups is 1. The molecule has 0 saturated heterocycles. The van der Waals surface area contributed by atoms with Crippen LogP contribution < -0.4 is 0 Å². The fourth-order valence-electron chi connectivity index (χ4n) is 3.72. The average molecular weight is 357 g/mol. The Morgan fingerprint density at radius 2 is 1.26 bits per heavy atom. The lowest BCUT2D eigenvalue weighted by Crippen LogP contribution is -2.42. The molecule has 0 heterocycles. The van der Waals surface area contributed by atoms with Crippen molar-refractivity contribution < 1.29 is 4.79 Å². The number of hydrogen-bond donors (Lipinski definition) is 0. The zero-order valence-corrected chi connectivity index (χ0v) is 16.5. The number of benzene rings is 2. The van der Waals surface area contributed by atoms with Crippen LogP contribution in [-0.2, 0) is 4.79 Å². The van der Waals surface area contributed by atoms with Crippen molar-refractivity contribution in [3.05, 3.63) is 101 Å². The molecule has 2 heteroatoms. The Balaban J connectivity index is 2.15. The number of allylic oxidation sites excluding steroid dienone is 3. The van der Waals surface area contributed by atoms with E-state index in [0.717, 1.165) is 27.8 Å². The highest BCUT2D eigenvalue weighted by Gasteiger charge is 2.28. The van der Waals surface area contributed by atoms with Crippen molar-refractivity contribution in [3.8, 4) is 0 Å². The van der Waals surface area contributed by atoms with E-state index in [-0.39, 0.29) is 18.0 Å². The van der Waals surface area contributed by atoms with Crippen LogP contribution in [0.5, 0.6) is 0 Å². The molecule has 0 fully saturated rings. The molecule has 1 amide bonds. The van der Waals surface area contributed by atoms with Crippen LogP contribution in [0.4, 0.5) is 0 Å². The average Bonchev–Trinajstić information content (AvgIpc) is 3.12. The summed E-state index contributed by atoms with van der Waals surface area (Å²) in [5, 5.41) is 0. The van der Waals surface area contributed by atoms with Gasteiger partial charge in [0.25, 0.3) is 5.91 Å². The largest absolute Gasteiger partial charge is 0.334 e. The molecule has 0 radical (unpaired) electrons. The number of nitrogens with zero attached hydrogens (tertiary/aromatic N) is 1. The fourth-order valence-corrected chi connectivity index (χ4v) is 3.72. The zero-order chi connectivity index (χ0) is 19.4. The van der Waals surface area contributed by atoms with Crippen molar-refractivity contribution in [1.29, 1.82) is 0 Å². The summed E-state index contributed by atoms with van der Waals surface area (Å²) in [5.74, 6) is 0.0874. The second kappa shape index (κ2) is 8.22. The highest BCUT2D eigenvalue weighted by Crippen LogP contribution is 2.34. The van der Waals surface area contributed by atoms with Gasteiger partial charge in [0.1, 0.15) is 0 Å². The molecule has 0 aromatic heterocycles. The van der Waals surface area contributed by atoms with Gasteiger partial charge in [-0.2, -0.15) is 0 Å². The third kappa shape index (κ3) is 3.95. The smallest absolute Gasteiger partial charge is 0.254 e. The molecule has 0 spiro atoms. The summed E-state index contributed by atoms with van der Waals surface area (Å²) < 4.78 is 0. The first-order chi connectivity index (χ1) is 13.0. The molecule has 3 rings (SSSR count). The monoisotopic (exact) mass is 357 g/mol. The Hall–Kier alpha value is -2.87. The van der Waals surface area contributed by atoms with Gasteiger partial charge >= 0.3 is 0 Å². The van der Waals surface area contributed by atoms with Crippen molar-refractivity contribution in [2.45, 2.75) is 39.8 Å². The number of carbonyl (C=O) groups excluding carboxylic acids is 1. The molecule has 0 atom stereocenters. The maximum Gasteiger partial charge on any atom is 0.254 e. The molecule has 1 aliphatic rings. The van der Waals surface area contributed by atoms with E-state index in [1.54, 1.807) is 0 Å². The summed E-state index contributed by atoms with van der Waals surface area (Å²) in [7, 11) is 0. The summed E-state index contributed by atoms with van der Waals surface area (Å²) in [6.45, 7) is 8.28. The Morgan fingerprint density at radius 3 is 1.70 bits per heavy atom. The van der Waals surface area contributed by atoms with Crippen LogP contribution in [0.15, 0.2) is 90.0 Å². The first-order valence-corrected chi connectivity index (χ1v) is 9.57. The van der Waals surface area contributed by atoms with Gasteiger partial charge in [0.2, 0.25) is 0 Å². The molecule has 138 valence electrons. The van der Waals surface area contributed by atoms with Crippen LogP contribution in [0.25, 0.3) is 5.57 Å². The van der Waals surface area contributed by atoms with Gasteiger partial charge in [-0.05, 0) is 56.0 Å². The van der Waals surface area contributed by atoms with E-state index < -0.39 is 0 Å². The van der Waals surface area contributed by atoms with Gasteiger partial charge in [0.15, 0.2) is 0 Å². The van der Waals surface area contributed by atoms with Gasteiger partial charge in [-0.15, -0.1) is 0 Å². The molecule has 0 saturated carbocycles. The lowest BCUT2D eigenvalue weighted by molar-refractivity contribution is -0.130. The van der Waals surface area contributed by atoms with Crippen LogP contribution in [0.2, 0.25) is 0 Å². The molecule has 0 N–H and O–H groups in total. The molecular weight excluding hydrogens is 330 g/mol. The Kier molecular flexibility index (Phi) is 5.75. The van der Waals surface area contributed by atoms with Gasteiger partial charge < -0.3 is 4.90 Å². The van der Waals surface area contributed by atoms with E-state index in [0.29, 0.717) is 0 Å². The van der Waals surface area contributed by atoms with Crippen molar-refractivity contribution in [2.75, 3.05) is 0 Å². The summed E-state index contributed by atoms with van der Waals surface area (Å²) in [5.41, 5.74) is 5.08. The third-order valence-corrected chi connectivity index (χ3v) is 4.79. The Morgan fingerprint density at radius 1 is 0.778 bits per heavy atom. The van der Waals surface area contributed by atoms with Gasteiger partial charge in [0.05, 0.1) is 0 Å². The molecule has 2 aromatic rings. The third-order valence-electron chi connectivity index (χ3n) is 4.79. The molecule has 27 heavy (non-hydrogen) atoms. The van der Waals surface area contributed by atoms with Crippen molar-refractivity contribution in [2.24, 2.45) is 0 Å². The number of hydrogen-bond acceptors (Lipinski definition) is 1. The van der Waals surface area contributed by atoms with Gasteiger partial charge in [0, 0.05) is 17.7 Å². The molecule has 1 aliphatic carbocycles. The van der Waals surface area contributed by atoms with E-state index in [1.807, 2.05) is 53.5 Å². The number of amides is 1. The number of rotatable bonds is 5. The molecule has 2 aromatic carbocycles.